The predicted octanol–water partition coefficient (Wildman–Crippen LogP) is 4.88. The van der Waals surface area contributed by atoms with Gasteiger partial charge in [0.05, 0.1) is 35.1 Å². The Labute approximate surface area is 192 Å². The second-order valence-corrected chi connectivity index (χ2v) is 9.33. The van der Waals surface area contributed by atoms with E-state index in [9.17, 15) is 13.2 Å². The number of pyridine rings is 1. The van der Waals surface area contributed by atoms with Crippen molar-refractivity contribution in [2.24, 2.45) is 0 Å². The van der Waals surface area contributed by atoms with Crippen molar-refractivity contribution < 1.29 is 22.7 Å². The zero-order chi connectivity index (χ0) is 23.6. The lowest BCUT2D eigenvalue weighted by molar-refractivity contribution is 0.103. The van der Waals surface area contributed by atoms with Crippen LogP contribution in [-0.2, 0) is 16.3 Å². The first-order valence-corrected chi connectivity index (χ1v) is 11.9. The lowest BCUT2D eigenvalue weighted by Gasteiger charge is -2.14. The Morgan fingerprint density at radius 1 is 0.879 bits per heavy atom. The Kier molecular flexibility index (Phi) is 6.16. The lowest BCUT2D eigenvalue weighted by Crippen LogP contribution is -2.13. The third kappa shape index (κ3) is 4.19. The van der Waals surface area contributed by atoms with E-state index in [-0.39, 0.29) is 15.4 Å². The predicted molar refractivity (Wildman–Crippen MR) is 126 cm³/mol. The minimum absolute atomic E-state index is 0.0100. The molecule has 0 aliphatic rings. The number of benzene rings is 3. The van der Waals surface area contributed by atoms with E-state index in [2.05, 4.69) is 4.98 Å². The number of sulfone groups is 1. The molecule has 0 saturated heterocycles. The number of hydrogen-bond acceptors (Lipinski definition) is 6. The molecule has 0 amide bonds. The quantitative estimate of drug-likeness (QED) is 0.365. The van der Waals surface area contributed by atoms with Crippen LogP contribution in [0, 0.1) is 0 Å². The zero-order valence-electron chi connectivity index (χ0n) is 18.5. The van der Waals surface area contributed by atoms with Gasteiger partial charge in [0.2, 0.25) is 9.84 Å². The van der Waals surface area contributed by atoms with Gasteiger partial charge in [-0.1, -0.05) is 31.2 Å². The first-order chi connectivity index (χ1) is 15.9. The molecule has 0 bridgehead atoms. The highest BCUT2D eigenvalue weighted by molar-refractivity contribution is 7.91. The van der Waals surface area contributed by atoms with Crippen molar-refractivity contribution in [1.29, 1.82) is 0 Å². The number of rotatable bonds is 7. The van der Waals surface area contributed by atoms with Gasteiger partial charge in [0, 0.05) is 17.1 Å². The Hall–Kier alpha value is -3.71. The van der Waals surface area contributed by atoms with E-state index in [1.54, 1.807) is 42.5 Å². The molecular formula is C26H23NO5S. The SMILES string of the molecule is CCc1ccc(C(=O)c2cnc3ccc(OC)cc3c2S(=O)(=O)c2ccc(OC)cc2)cc1. The van der Waals surface area contributed by atoms with Gasteiger partial charge in [-0.05, 0) is 54.4 Å². The number of hydrogen-bond donors (Lipinski definition) is 0. The summed E-state index contributed by atoms with van der Waals surface area (Å²) >= 11 is 0. The van der Waals surface area contributed by atoms with Crippen LogP contribution in [0.4, 0.5) is 0 Å². The summed E-state index contributed by atoms with van der Waals surface area (Å²) in [5.74, 6) is 0.580. The number of fused-ring (bicyclic) bond motifs is 1. The molecule has 1 heterocycles. The first kappa shape index (κ1) is 22.5. The van der Waals surface area contributed by atoms with Gasteiger partial charge in [-0.2, -0.15) is 0 Å². The minimum Gasteiger partial charge on any atom is -0.497 e. The molecule has 6 nitrogen and oxygen atoms in total. The van der Waals surface area contributed by atoms with Crippen molar-refractivity contribution in [2.75, 3.05) is 14.2 Å². The molecule has 3 aromatic carbocycles. The smallest absolute Gasteiger partial charge is 0.208 e. The number of ketones is 1. The molecule has 7 heteroatoms. The maximum Gasteiger partial charge on any atom is 0.208 e. The van der Waals surface area contributed by atoms with E-state index in [4.69, 9.17) is 9.47 Å². The molecule has 4 rings (SSSR count). The van der Waals surface area contributed by atoms with Gasteiger partial charge in [0.25, 0.3) is 0 Å². The van der Waals surface area contributed by atoms with E-state index in [1.807, 2.05) is 19.1 Å². The van der Waals surface area contributed by atoms with E-state index in [0.29, 0.717) is 28.0 Å². The van der Waals surface area contributed by atoms with E-state index in [0.717, 1.165) is 12.0 Å². The highest BCUT2D eigenvalue weighted by Crippen LogP contribution is 2.34. The number of aromatic nitrogens is 1. The number of carbonyl (C=O) groups is 1. The molecule has 0 aliphatic heterocycles. The molecule has 0 spiro atoms. The molecule has 0 fully saturated rings. The second kappa shape index (κ2) is 9.03. The summed E-state index contributed by atoms with van der Waals surface area (Å²) < 4.78 is 38.1. The summed E-state index contributed by atoms with van der Waals surface area (Å²) in [5.41, 5.74) is 1.93. The fourth-order valence-corrected chi connectivity index (χ4v) is 5.26. The van der Waals surface area contributed by atoms with Crippen molar-refractivity contribution >= 4 is 26.5 Å². The lowest BCUT2D eigenvalue weighted by atomic mass is 10.0. The fourth-order valence-electron chi connectivity index (χ4n) is 3.65. The number of ether oxygens (including phenoxy) is 2. The molecule has 0 N–H and O–H groups in total. The topological polar surface area (TPSA) is 82.6 Å². The summed E-state index contributed by atoms with van der Waals surface area (Å²) in [5, 5.41) is 0.321. The van der Waals surface area contributed by atoms with Crippen molar-refractivity contribution in [2.45, 2.75) is 23.1 Å². The van der Waals surface area contributed by atoms with Crippen LogP contribution < -0.4 is 9.47 Å². The molecule has 1 aromatic heterocycles. The largest absolute Gasteiger partial charge is 0.497 e. The molecule has 0 radical (unpaired) electrons. The summed E-state index contributed by atoms with van der Waals surface area (Å²) in [4.78, 5) is 17.8. The summed E-state index contributed by atoms with van der Waals surface area (Å²) in [6, 6.07) is 18.2. The van der Waals surface area contributed by atoms with Crippen LogP contribution in [0.1, 0.15) is 28.4 Å². The Morgan fingerprint density at radius 3 is 2.12 bits per heavy atom. The van der Waals surface area contributed by atoms with Gasteiger partial charge in [-0.15, -0.1) is 0 Å². The number of carbonyl (C=O) groups excluding carboxylic acids is 1. The minimum atomic E-state index is -4.08. The number of aryl methyl sites for hydroxylation is 1. The van der Waals surface area contributed by atoms with Gasteiger partial charge in [0.1, 0.15) is 11.5 Å². The molecule has 33 heavy (non-hydrogen) atoms. The van der Waals surface area contributed by atoms with Gasteiger partial charge in [-0.3, -0.25) is 9.78 Å². The number of methoxy groups -OCH3 is 2. The molecule has 0 saturated carbocycles. The average Bonchev–Trinajstić information content (AvgIpc) is 2.87. The second-order valence-electron chi connectivity index (χ2n) is 7.44. The Morgan fingerprint density at radius 2 is 1.52 bits per heavy atom. The molecule has 168 valence electrons. The van der Waals surface area contributed by atoms with Crippen LogP contribution in [0.25, 0.3) is 10.9 Å². The van der Waals surface area contributed by atoms with Crippen LogP contribution in [-0.4, -0.2) is 33.4 Å². The number of nitrogens with zero attached hydrogens (tertiary/aromatic N) is 1. The summed E-state index contributed by atoms with van der Waals surface area (Å²) in [6.45, 7) is 2.02. The fraction of sp³-hybridized carbons (Fsp3) is 0.154. The van der Waals surface area contributed by atoms with Gasteiger partial charge in [0.15, 0.2) is 5.78 Å². The van der Waals surface area contributed by atoms with Crippen LogP contribution in [0.15, 0.2) is 82.7 Å². The van der Waals surface area contributed by atoms with E-state index >= 15 is 0 Å². The summed E-state index contributed by atoms with van der Waals surface area (Å²) in [6.07, 6.45) is 2.17. The van der Waals surface area contributed by atoms with Gasteiger partial charge >= 0.3 is 0 Å². The molecule has 0 aliphatic carbocycles. The van der Waals surface area contributed by atoms with Crippen molar-refractivity contribution in [3.05, 3.63) is 89.6 Å². The maximum atomic E-state index is 13.8. The van der Waals surface area contributed by atoms with Gasteiger partial charge in [-0.25, -0.2) is 8.42 Å². The van der Waals surface area contributed by atoms with Crippen molar-refractivity contribution in [3.8, 4) is 11.5 Å². The standard InChI is InChI=1S/C26H23NO5S/c1-4-17-5-7-18(8-6-17)25(28)23-16-27-24-14-11-20(32-3)15-22(24)26(23)33(29,30)21-12-9-19(31-2)10-13-21/h5-16H,4H2,1-3H3. The monoisotopic (exact) mass is 461 g/mol. The van der Waals surface area contributed by atoms with E-state index in [1.165, 1.54) is 32.5 Å². The first-order valence-electron chi connectivity index (χ1n) is 10.4. The molecule has 4 aromatic rings. The van der Waals surface area contributed by atoms with Crippen LogP contribution in [0.2, 0.25) is 0 Å². The molecule has 0 atom stereocenters. The van der Waals surface area contributed by atoms with E-state index < -0.39 is 15.6 Å². The normalized spacial score (nSPS) is 11.4. The Bertz CT molecular complexity index is 1430. The highest BCUT2D eigenvalue weighted by Gasteiger charge is 2.29. The summed E-state index contributed by atoms with van der Waals surface area (Å²) in [7, 11) is -1.08. The maximum absolute atomic E-state index is 13.8. The third-order valence-electron chi connectivity index (χ3n) is 5.53. The van der Waals surface area contributed by atoms with Crippen LogP contribution in [0.3, 0.4) is 0 Å². The average molecular weight is 462 g/mol. The molecule has 0 unspecified atom stereocenters. The van der Waals surface area contributed by atoms with Crippen molar-refractivity contribution in [1.82, 2.24) is 4.98 Å². The van der Waals surface area contributed by atoms with Gasteiger partial charge < -0.3 is 9.47 Å². The van der Waals surface area contributed by atoms with Crippen LogP contribution >= 0.6 is 0 Å². The highest BCUT2D eigenvalue weighted by atomic mass is 32.2. The zero-order valence-corrected chi connectivity index (χ0v) is 19.3. The third-order valence-corrected chi connectivity index (χ3v) is 7.40. The Balaban J connectivity index is 1.98. The van der Waals surface area contributed by atoms with Crippen LogP contribution in [0.5, 0.6) is 11.5 Å². The molecular weight excluding hydrogens is 438 g/mol. The van der Waals surface area contributed by atoms with Crippen molar-refractivity contribution in [3.63, 3.8) is 0 Å².